The normalized spacial score (nSPS) is 16.0. The molecular formula is C27H27ClN6OS. The van der Waals surface area contributed by atoms with Gasteiger partial charge >= 0.3 is 0 Å². The molecule has 4 aromatic rings. The molecule has 6 rings (SSSR count). The lowest BCUT2D eigenvalue weighted by Gasteiger charge is -2.31. The zero-order chi connectivity index (χ0) is 24.3. The first-order valence-corrected chi connectivity index (χ1v) is 13.7. The Kier molecular flexibility index (Phi) is 6.81. The highest BCUT2D eigenvalue weighted by atomic mass is 35.5. The van der Waals surface area contributed by atoms with E-state index in [1.165, 1.54) is 5.56 Å². The lowest BCUT2D eigenvalue weighted by Crippen LogP contribution is -2.38. The molecule has 0 radical (unpaired) electrons. The second-order valence-electron chi connectivity index (χ2n) is 8.89. The molecule has 0 amide bonds. The van der Waals surface area contributed by atoms with Crippen LogP contribution in [0, 0.1) is 0 Å². The minimum absolute atomic E-state index is 0.540. The van der Waals surface area contributed by atoms with Crippen LogP contribution in [0.2, 0.25) is 5.02 Å². The molecule has 0 bridgehead atoms. The maximum absolute atomic E-state index is 6.43. The van der Waals surface area contributed by atoms with E-state index in [1.807, 2.05) is 42.2 Å². The Bertz CT molecular complexity index is 1410. The van der Waals surface area contributed by atoms with Crippen LogP contribution in [0.5, 0.6) is 0 Å². The molecule has 1 saturated heterocycles. The molecule has 2 aromatic heterocycles. The summed E-state index contributed by atoms with van der Waals surface area (Å²) in [6.45, 7) is 3.84. The minimum atomic E-state index is 0.540. The van der Waals surface area contributed by atoms with Gasteiger partial charge in [0, 0.05) is 58.6 Å². The van der Waals surface area contributed by atoms with E-state index in [1.54, 1.807) is 0 Å². The fraction of sp³-hybridized carbons (Fsp3) is 0.296. The molecule has 36 heavy (non-hydrogen) atoms. The van der Waals surface area contributed by atoms with Gasteiger partial charge in [-0.25, -0.2) is 10.4 Å². The van der Waals surface area contributed by atoms with Gasteiger partial charge < -0.3 is 14.2 Å². The highest BCUT2D eigenvalue weighted by Gasteiger charge is 2.23. The standard InChI is InChI=1S/C27H27ClN6OS/c28-23-7-3-1-5-19(23)16-34-17-20(21-6-2-4-8-25(21)34)15-29-32-27-30-24-9-14-36-18-22(24)26(31-27)33-10-12-35-13-11-33/h1-8,15,17H,9-14,16,18H2,(H,30,31,32)/b29-15+. The number of para-hydroxylation sites is 1. The quantitative estimate of drug-likeness (QED) is 0.279. The third kappa shape index (κ3) is 4.81. The van der Waals surface area contributed by atoms with Crippen LogP contribution in [0.15, 0.2) is 59.8 Å². The number of hydrogen-bond acceptors (Lipinski definition) is 7. The molecule has 0 spiro atoms. The fourth-order valence-electron chi connectivity index (χ4n) is 4.78. The van der Waals surface area contributed by atoms with Crippen molar-refractivity contribution in [1.29, 1.82) is 0 Å². The predicted octanol–water partition coefficient (Wildman–Crippen LogP) is 5.20. The third-order valence-electron chi connectivity index (χ3n) is 6.60. The zero-order valence-corrected chi connectivity index (χ0v) is 21.4. The first-order chi connectivity index (χ1) is 17.8. The van der Waals surface area contributed by atoms with Crippen LogP contribution in [0.3, 0.4) is 0 Å². The number of aromatic nitrogens is 3. The Labute approximate surface area is 219 Å². The zero-order valence-electron chi connectivity index (χ0n) is 19.9. The Hall–Kier alpha value is -3.07. The Morgan fingerprint density at radius 2 is 1.92 bits per heavy atom. The lowest BCUT2D eigenvalue weighted by atomic mass is 10.1. The van der Waals surface area contributed by atoms with Gasteiger partial charge in [0.1, 0.15) is 5.82 Å². The number of anilines is 2. The summed E-state index contributed by atoms with van der Waals surface area (Å²) in [6, 6.07) is 16.3. The first kappa shape index (κ1) is 23.3. The molecule has 2 aliphatic heterocycles. The minimum Gasteiger partial charge on any atom is -0.378 e. The largest absolute Gasteiger partial charge is 0.378 e. The lowest BCUT2D eigenvalue weighted by molar-refractivity contribution is 0.122. The average Bonchev–Trinajstić information content (AvgIpc) is 3.27. The Balaban J connectivity index is 1.27. The van der Waals surface area contributed by atoms with Crippen LogP contribution in [0.25, 0.3) is 10.9 Å². The monoisotopic (exact) mass is 518 g/mol. The van der Waals surface area contributed by atoms with E-state index >= 15 is 0 Å². The van der Waals surface area contributed by atoms with Crippen LogP contribution in [-0.2, 0) is 23.5 Å². The van der Waals surface area contributed by atoms with E-state index in [2.05, 4.69) is 50.5 Å². The highest BCUT2D eigenvalue weighted by molar-refractivity contribution is 7.98. The number of hydrazone groups is 1. The van der Waals surface area contributed by atoms with Crippen LogP contribution in [0.4, 0.5) is 11.8 Å². The van der Waals surface area contributed by atoms with Crippen LogP contribution in [0.1, 0.15) is 22.4 Å². The summed E-state index contributed by atoms with van der Waals surface area (Å²) in [6.07, 6.45) is 4.91. The molecule has 7 nitrogen and oxygen atoms in total. The fourth-order valence-corrected chi connectivity index (χ4v) is 5.96. The van der Waals surface area contributed by atoms with Crippen molar-refractivity contribution in [2.75, 3.05) is 42.4 Å². The van der Waals surface area contributed by atoms with Crippen molar-refractivity contribution in [1.82, 2.24) is 14.5 Å². The highest BCUT2D eigenvalue weighted by Crippen LogP contribution is 2.32. The summed E-state index contributed by atoms with van der Waals surface area (Å²) in [5.74, 6) is 3.60. The van der Waals surface area contributed by atoms with E-state index in [4.69, 9.17) is 26.3 Å². The van der Waals surface area contributed by atoms with E-state index in [-0.39, 0.29) is 0 Å². The van der Waals surface area contributed by atoms with E-state index in [9.17, 15) is 0 Å². The number of ether oxygens (including phenoxy) is 1. The second-order valence-corrected chi connectivity index (χ2v) is 10.4. The number of hydrogen-bond donors (Lipinski definition) is 1. The first-order valence-electron chi connectivity index (χ1n) is 12.2. The molecule has 0 aliphatic carbocycles. The van der Waals surface area contributed by atoms with Gasteiger partial charge in [-0.15, -0.1) is 0 Å². The molecule has 0 unspecified atom stereocenters. The number of thioether (sulfide) groups is 1. The summed E-state index contributed by atoms with van der Waals surface area (Å²) >= 11 is 8.37. The van der Waals surface area contributed by atoms with Gasteiger partial charge in [0.15, 0.2) is 0 Å². The summed E-state index contributed by atoms with van der Waals surface area (Å²) in [7, 11) is 0. The maximum atomic E-state index is 6.43. The summed E-state index contributed by atoms with van der Waals surface area (Å²) in [5, 5.41) is 6.45. The van der Waals surface area contributed by atoms with E-state index in [0.29, 0.717) is 12.5 Å². The number of morpholine rings is 1. The van der Waals surface area contributed by atoms with Crippen molar-refractivity contribution < 1.29 is 4.74 Å². The number of rotatable bonds is 6. The van der Waals surface area contributed by atoms with Gasteiger partial charge in [-0.05, 0) is 29.9 Å². The van der Waals surface area contributed by atoms with Gasteiger partial charge in [0.05, 0.1) is 25.1 Å². The predicted molar refractivity (Wildman–Crippen MR) is 149 cm³/mol. The third-order valence-corrected chi connectivity index (χ3v) is 7.95. The molecule has 1 fully saturated rings. The number of fused-ring (bicyclic) bond motifs is 2. The van der Waals surface area contributed by atoms with E-state index < -0.39 is 0 Å². The Morgan fingerprint density at radius 1 is 1.08 bits per heavy atom. The van der Waals surface area contributed by atoms with Crippen molar-refractivity contribution in [3.8, 4) is 0 Å². The molecule has 184 valence electrons. The van der Waals surface area contributed by atoms with Crippen LogP contribution < -0.4 is 10.3 Å². The van der Waals surface area contributed by atoms with Crippen molar-refractivity contribution >= 4 is 52.2 Å². The Morgan fingerprint density at radius 3 is 2.81 bits per heavy atom. The van der Waals surface area contributed by atoms with Crippen molar-refractivity contribution in [2.24, 2.45) is 5.10 Å². The topological polar surface area (TPSA) is 67.6 Å². The molecule has 9 heteroatoms. The maximum Gasteiger partial charge on any atom is 0.245 e. The number of benzene rings is 2. The summed E-state index contributed by atoms with van der Waals surface area (Å²) < 4.78 is 7.76. The summed E-state index contributed by atoms with van der Waals surface area (Å²) in [5.41, 5.74) is 8.72. The molecule has 4 heterocycles. The van der Waals surface area contributed by atoms with Crippen LogP contribution in [-0.4, -0.2) is 52.8 Å². The second kappa shape index (κ2) is 10.5. The van der Waals surface area contributed by atoms with Crippen molar-refractivity contribution in [3.05, 3.63) is 82.1 Å². The molecule has 2 aromatic carbocycles. The van der Waals surface area contributed by atoms with Crippen molar-refractivity contribution in [2.45, 2.75) is 18.7 Å². The molecule has 2 aliphatic rings. The molecular weight excluding hydrogens is 492 g/mol. The molecule has 0 saturated carbocycles. The number of nitrogens with zero attached hydrogens (tertiary/aromatic N) is 5. The van der Waals surface area contributed by atoms with Crippen molar-refractivity contribution in [3.63, 3.8) is 0 Å². The molecule has 1 N–H and O–H groups in total. The average molecular weight is 519 g/mol. The van der Waals surface area contributed by atoms with Gasteiger partial charge in [0.2, 0.25) is 5.95 Å². The number of nitrogens with one attached hydrogen (secondary N) is 1. The van der Waals surface area contributed by atoms with E-state index in [0.717, 1.165) is 82.8 Å². The van der Waals surface area contributed by atoms with Gasteiger partial charge in [-0.2, -0.15) is 21.8 Å². The smallest absolute Gasteiger partial charge is 0.245 e. The van der Waals surface area contributed by atoms with Gasteiger partial charge in [0.25, 0.3) is 0 Å². The summed E-state index contributed by atoms with van der Waals surface area (Å²) in [4.78, 5) is 12.0. The van der Waals surface area contributed by atoms with Gasteiger partial charge in [-0.3, -0.25) is 0 Å². The number of halogens is 1. The molecule has 0 atom stereocenters. The number of aryl methyl sites for hydroxylation is 1. The SMILES string of the molecule is Clc1ccccc1Cn1cc(/C=N/Nc2nc3c(c(N4CCOCC4)n2)CSCC3)c2ccccc21. The van der Waals surface area contributed by atoms with Crippen LogP contribution >= 0.6 is 23.4 Å². The van der Waals surface area contributed by atoms with Gasteiger partial charge in [-0.1, -0.05) is 48.0 Å².